The van der Waals surface area contributed by atoms with Crippen LogP contribution in [0.15, 0.2) is 66.7 Å². The van der Waals surface area contributed by atoms with Crippen molar-refractivity contribution in [3.05, 3.63) is 95.2 Å². The molecule has 0 aliphatic rings. The topological polar surface area (TPSA) is 65.1 Å². The first-order valence-electron chi connectivity index (χ1n) is 9.53. The third kappa shape index (κ3) is 3.82. The summed E-state index contributed by atoms with van der Waals surface area (Å²) < 4.78 is 27.6. The molecule has 3 N–H and O–H groups in total. The molecule has 152 valence electrons. The Balaban J connectivity index is 1.48. The van der Waals surface area contributed by atoms with Gasteiger partial charge in [-0.15, -0.1) is 0 Å². The van der Waals surface area contributed by atoms with Crippen molar-refractivity contribution < 1.29 is 18.7 Å². The lowest BCUT2D eigenvalue weighted by Gasteiger charge is -2.13. The largest absolute Gasteiger partial charge is 0.386 e. The van der Waals surface area contributed by atoms with Gasteiger partial charge in [-0.05, 0) is 36.2 Å². The van der Waals surface area contributed by atoms with E-state index < -0.39 is 17.7 Å². The van der Waals surface area contributed by atoms with Crippen LogP contribution in [-0.4, -0.2) is 22.5 Å². The van der Waals surface area contributed by atoms with Gasteiger partial charge in [0.1, 0.15) is 11.6 Å². The first kappa shape index (κ1) is 19.8. The predicted molar refractivity (Wildman–Crippen MR) is 112 cm³/mol. The Bertz CT molecular complexity index is 1200. The van der Waals surface area contributed by atoms with Crippen molar-refractivity contribution in [2.75, 3.05) is 6.54 Å². The number of H-pyrrole nitrogens is 1. The van der Waals surface area contributed by atoms with Crippen LogP contribution in [0.4, 0.5) is 8.78 Å². The minimum Gasteiger partial charge on any atom is -0.386 e. The number of carbonyl (C=O) groups excluding carboxylic acids is 1. The van der Waals surface area contributed by atoms with E-state index in [-0.39, 0.29) is 23.4 Å². The van der Waals surface area contributed by atoms with Gasteiger partial charge in [0.15, 0.2) is 0 Å². The third-order valence-corrected chi connectivity index (χ3v) is 5.11. The summed E-state index contributed by atoms with van der Waals surface area (Å²) in [5.74, 6) is -1.80. The van der Waals surface area contributed by atoms with Crippen LogP contribution in [0.3, 0.4) is 0 Å². The molecular weight excluding hydrogens is 386 g/mol. The van der Waals surface area contributed by atoms with E-state index in [1.54, 1.807) is 19.1 Å². The van der Waals surface area contributed by atoms with Crippen LogP contribution in [0.1, 0.15) is 27.7 Å². The van der Waals surface area contributed by atoms with Gasteiger partial charge in [0.05, 0.1) is 11.6 Å². The number of hydrogen-bond donors (Lipinski definition) is 3. The molecule has 0 radical (unpaired) electrons. The zero-order valence-electron chi connectivity index (χ0n) is 16.2. The highest BCUT2D eigenvalue weighted by Gasteiger charge is 2.20. The smallest absolute Gasteiger partial charge is 0.251 e. The second kappa shape index (κ2) is 8.08. The molecule has 1 amide bonds. The normalized spacial score (nSPS) is 12.1. The number of aliphatic hydroxyl groups is 1. The number of benzene rings is 3. The first-order valence-corrected chi connectivity index (χ1v) is 9.53. The third-order valence-electron chi connectivity index (χ3n) is 5.11. The maximum atomic E-state index is 14.0. The molecule has 6 heteroatoms. The van der Waals surface area contributed by atoms with Crippen molar-refractivity contribution in [3.63, 3.8) is 0 Å². The summed E-state index contributed by atoms with van der Waals surface area (Å²) in [5, 5.41) is 13.5. The number of carbonyl (C=O) groups is 1. The number of aliphatic hydroxyl groups excluding tert-OH is 1. The summed E-state index contributed by atoms with van der Waals surface area (Å²) in [4.78, 5) is 15.3. The number of fused-ring (bicyclic) bond motifs is 1. The highest BCUT2D eigenvalue weighted by molar-refractivity contribution is 5.94. The fraction of sp³-hybridized carbons (Fsp3) is 0.125. The lowest BCUT2D eigenvalue weighted by atomic mass is 10.0. The van der Waals surface area contributed by atoms with E-state index in [2.05, 4.69) is 10.3 Å². The van der Waals surface area contributed by atoms with Gasteiger partial charge in [-0.2, -0.15) is 0 Å². The summed E-state index contributed by atoms with van der Waals surface area (Å²) >= 11 is 0. The second-order valence-corrected chi connectivity index (χ2v) is 7.14. The predicted octanol–water partition coefficient (Wildman–Crippen LogP) is 4.88. The van der Waals surface area contributed by atoms with E-state index in [1.165, 1.54) is 6.07 Å². The van der Waals surface area contributed by atoms with Gasteiger partial charge in [-0.1, -0.05) is 42.5 Å². The molecule has 0 spiro atoms. The number of hydrogen-bond acceptors (Lipinski definition) is 2. The van der Waals surface area contributed by atoms with Crippen molar-refractivity contribution in [2.24, 2.45) is 0 Å². The highest BCUT2D eigenvalue weighted by atomic mass is 19.1. The van der Waals surface area contributed by atoms with Crippen LogP contribution >= 0.6 is 0 Å². The fourth-order valence-corrected chi connectivity index (χ4v) is 3.64. The van der Waals surface area contributed by atoms with Crippen molar-refractivity contribution in [1.82, 2.24) is 10.3 Å². The van der Waals surface area contributed by atoms with Gasteiger partial charge >= 0.3 is 0 Å². The van der Waals surface area contributed by atoms with Crippen LogP contribution in [0.5, 0.6) is 0 Å². The Labute approximate surface area is 172 Å². The van der Waals surface area contributed by atoms with Crippen molar-refractivity contribution >= 4 is 16.8 Å². The van der Waals surface area contributed by atoms with Crippen molar-refractivity contribution in [2.45, 2.75) is 13.0 Å². The molecule has 1 heterocycles. The average Bonchev–Trinajstić information content (AvgIpc) is 3.08. The highest BCUT2D eigenvalue weighted by Crippen LogP contribution is 2.30. The molecule has 1 aromatic heterocycles. The second-order valence-electron chi connectivity index (χ2n) is 7.14. The number of rotatable bonds is 5. The van der Waals surface area contributed by atoms with Crippen LogP contribution < -0.4 is 5.32 Å². The van der Waals surface area contributed by atoms with E-state index in [4.69, 9.17) is 0 Å². The van der Waals surface area contributed by atoms with Gasteiger partial charge < -0.3 is 15.4 Å². The molecule has 0 aliphatic heterocycles. The minimum absolute atomic E-state index is 0.0921. The number of amides is 1. The Morgan fingerprint density at radius 2 is 1.70 bits per heavy atom. The van der Waals surface area contributed by atoms with E-state index in [0.29, 0.717) is 16.8 Å². The molecule has 4 nitrogen and oxygen atoms in total. The van der Waals surface area contributed by atoms with Crippen molar-refractivity contribution in [3.8, 4) is 11.1 Å². The summed E-state index contributed by atoms with van der Waals surface area (Å²) in [5.41, 5.74) is 3.51. The van der Waals surface area contributed by atoms with E-state index in [9.17, 15) is 18.7 Å². The number of aromatic nitrogens is 1. The Morgan fingerprint density at radius 3 is 2.40 bits per heavy atom. The number of nitrogens with one attached hydrogen (secondary N) is 2. The van der Waals surface area contributed by atoms with E-state index in [1.807, 2.05) is 42.5 Å². The lowest BCUT2D eigenvalue weighted by Crippen LogP contribution is -2.28. The molecule has 0 saturated carbocycles. The first-order chi connectivity index (χ1) is 14.4. The summed E-state index contributed by atoms with van der Waals surface area (Å²) in [7, 11) is 0. The zero-order chi connectivity index (χ0) is 21.3. The maximum Gasteiger partial charge on any atom is 0.251 e. The summed E-state index contributed by atoms with van der Waals surface area (Å²) in [6, 6.07) is 18.9. The molecule has 4 rings (SSSR count). The molecule has 4 aromatic rings. The molecule has 0 aliphatic carbocycles. The fourth-order valence-electron chi connectivity index (χ4n) is 3.64. The number of halogens is 2. The SMILES string of the molecule is Cc1[nH]c2c(F)cc(F)cc2c1C(O)CNC(=O)c1ccc(-c2ccccc2)cc1. The molecule has 3 aromatic carbocycles. The van der Waals surface area contributed by atoms with Gasteiger partial charge in [0, 0.05) is 34.8 Å². The van der Waals surface area contributed by atoms with Crippen LogP contribution in [0.2, 0.25) is 0 Å². The molecular formula is C24H20F2N2O2. The van der Waals surface area contributed by atoms with Gasteiger partial charge in [-0.3, -0.25) is 4.79 Å². The summed E-state index contributed by atoms with van der Waals surface area (Å²) in [6.07, 6.45) is -1.12. The van der Waals surface area contributed by atoms with Gasteiger partial charge in [0.25, 0.3) is 5.91 Å². The van der Waals surface area contributed by atoms with E-state index in [0.717, 1.165) is 17.2 Å². The average molecular weight is 406 g/mol. The lowest BCUT2D eigenvalue weighted by molar-refractivity contribution is 0.0916. The van der Waals surface area contributed by atoms with Crippen LogP contribution in [0, 0.1) is 18.6 Å². The van der Waals surface area contributed by atoms with Crippen molar-refractivity contribution in [1.29, 1.82) is 0 Å². The quantitative estimate of drug-likeness (QED) is 0.442. The molecule has 1 atom stereocenters. The standard InChI is InChI=1S/C24H20F2N2O2/c1-14-22(19-11-18(25)12-20(26)23(19)28-14)21(29)13-27-24(30)17-9-7-16(8-10-17)15-5-3-2-4-6-15/h2-12,21,28-29H,13H2,1H3,(H,27,30). The number of aromatic amines is 1. The van der Waals surface area contributed by atoms with Crippen LogP contribution in [-0.2, 0) is 0 Å². The molecule has 30 heavy (non-hydrogen) atoms. The van der Waals surface area contributed by atoms with E-state index >= 15 is 0 Å². The number of aryl methyl sites for hydroxylation is 1. The van der Waals surface area contributed by atoms with Crippen LogP contribution in [0.25, 0.3) is 22.0 Å². The molecule has 1 unspecified atom stereocenters. The monoisotopic (exact) mass is 406 g/mol. The Morgan fingerprint density at radius 1 is 1.03 bits per heavy atom. The molecule has 0 saturated heterocycles. The van der Waals surface area contributed by atoms with Gasteiger partial charge in [-0.25, -0.2) is 8.78 Å². The van der Waals surface area contributed by atoms with Gasteiger partial charge in [0.2, 0.25) is 0 Å². The maximum absolute atomic E-state index is 14.0. The zero-order valence-corrected chi connectivity index (χ0v) is 16.2. The Kier molecular flexibility index (Phi) is 5.33. The minimum atomic E-state index is -1.12. The Hall–Kier alpha value is -3.51. The summed E-state index contributed by atoms with van der Waals surface area (Å²) in [6.45, 7) is 1.57. The molecule has 0 bridgehead atoms. The molecule has 0 fully saturated rings.